The normalized spacial score (nSPS) is 15.4. The molecule has 1 aliphatic heterocycles. The van der Waals surface area contributed by atoms with Gasteiger partial charge in [0.2, 0.25) is 0 Å². The first kappa shape index (κ1) is 16.8. The molecule has 2 amide bonds. The number of benzene rings is 1. The number of aromatic nitrogens is 1. The molecule has 0 spiro atoms. The summed E-state index contributed by atoms with van der Waals surface area (Å²) in [6.07, 6.45) is 3.79. The fraction of sp³-hybridized carbons (Fsp3) is 0.444. The first-order valence-corrected chi connectivity index (χ1v) is 9.07. The fourth-order valence-electron chi connectivity index (χ4n) is 3.24. The predicted octanol–water partition coefficient (Wildman–Crippen LogP) is 4.18. The Balaban J connectivity index is 1.62. The van der Waals surface area contributed by atoms with Crippen LogP contribution in [-0.2, 0) is 0 Å². The Labute approximate surface area is 146 Å². The zero-order chi connectivity index (χ0) is 17.1. The molecule has 0 atom stereocenters. The monoisotopic (exact) mass is 345 g/mol. The zero-order valence-corrected chi connectivity index (χ0v) is 15.2. The molecule has 1 N–H and O–H groups in total. The van der Waals surface area contributed by atoms with E-state index >= 15 is 0 Å². The molecule has 0 unspecified atom stereocenters. The summed E-state index contributed by atoms with van der Waals surface area (Å²) in [7, 11) is 1.66. The van der Waals surface area contributed by atoms with E-state index in [4.69, 9.17) is 4.74 Å². The van der Waals surface area contributed by atoms with Gasteiger partial charge in [-0.15, -0.1) is 11.3 Å². The number of rotatable bonds is 3. The number of methoxy groups -OCH3 is 1. The van der Waals surface area contributed by atoms with Gasteiger partial charge in [0.15, 0.2) is 0 Å². The highest BCUT2D eigenvalue weighted by Crippen LogP contribution is 2.31. The minimum absolute atomic E-state index is 0.0402. The number of amides is 2. The van der Waals surface area contributed by atoms with Crippen LogP contribution in [0.1, 0.15) is 34.9 Å². The number of nitrogens with zero attached hydrogens (tertiary/aromatic N) is 2. The van der Waals surface area contributed by atoms with Crippen molar-refractivity contribution in [3.8, 4) is 5.75 Å². The second-order valence-electron chi connectivity index (χ2n) is 6.15. The number of likely N-dealkylation sites (tertiary alicyclic amines) is 1. The molecule has 0 bridgehead atoms. The summed E-state index contributed by atoms with van der Waals surface area (Å²) in [5.41, 5.74) is 2.84. The molecule has 1 aliphatic rings. The highest BCUT2D eigenvalue weighted by molar-refractivity contribution is 7.09. The Morgan fingerprint density at radius 1 is 1.33 bits per heavy atom. The van der Waals surface area contributed by atoms with Gasteiger partial charge in [-0.3, -0.25) is 0 Å². The molecule has 6 heteroatoms. The number of carbonyl (C=O) groups is 1. The Morgan fingerprint density at radius 3 is 2.71 bits per heavy atom. The maximum absolute atomic E-state index is 12.6. The summed E-state index contributed by atoms with van der Waals surface area (Å²) < 4.78 is 5.43. The molecule has 1 aromatic heterocycles. The van der Waals surface area contributed by atoms with E-state index in [1.54, 1.807) is 18.4 Å². The van der Waals surface area contributed by atoms with Gasteiger partial charge in [-0.25, -0.2) is 9.78 Å². The largest absolute Gasteiger partial charge is 0.496 e. The number of hydrogen-bond donors (Lipinski definition) is 1. The molecular weight excluding hydrogens is 322 g/mol. The van der Waals surface area contributed by atoms with Gasteiger partial charge < -0.3 is 15.0 Å². The second-order valence-corrected chi connectivity index (χ2v) is 7.08. The Hall–Kier alpha value is -2.08. The van der Waals surface area contributed by atoms with E-state index in [2.05, 4.69) is 10.3 Å². The van der Waals surface area contributed by atoms with Crippen LogP contribution < -0.4 is 10.1 Å². The summed E-state index contributed by atoms with van der Waals surface area (Å²) in [6, 6.07) is 3.87. The smallest absolute Gasteiger partial charge is 0.321 e. The average molecular weight is 345 g/mol. The SMILES string of the molecule is COc1c(C)ccc(NC(=O)N2CCC(c3nccs3)CC2)c1C. The third-order valence-electron chi connectivity index (χ3n) is 4.63. The van der Waals surface area contributed by atoms with Crippen LogP contribution >= 0.6 is 11.3 Å². The van der Waals surface area contributed by atoms with Gasteiger partial charge in [-0.1, -0.05) is 6.07 Å². The molecule has 1 saturated heterocycles. The van der Waals surface area contributed by atoms with Crippen LogP contribution in [0.25, 0.3) is 0 Å². The van der Waals surface area contributed by atoms with Crippen LogP contribution in [0, 0.1) is 13.8 Å². The lowest BCUT2D eigenvalue weighted by atomic mass is 9.98. The van der Waals surface area contributed by atoms with Crippen LogP contribution in [0.4, 0.5) is 10.5 Å². The number of hydrogen-bond acceptors (Lipinski definition) is 4. The third kappa shape index (κ3) is 3.38. The molecular formula is C18H23N3O2S. The number of urea groups is 1. The summed E-state index contributed by atoms with van der Waals surface area (Å²) in [5, 5.41) is 6.23. The van der Waals surface area contributed by atoms with E-state index in [-0.39, 0.29) is 6.03 Å². The summed E-state index contributed by atoms with van der Waals surface area (Å²) in [5.74, 6) is 1.31. The topological polar surface area (TPSA) is 54.5 Å². The van der Waals surface area contributed by atoms with Crippen LogP contribution in [0.3, 0.4) is 0 Å². The number of piperidine rings is 1. The van der Waals surface area contributed by atoms with Gasteiger partial charge in [0.25, 0.3) is 0 Å². The van der Waals surface area contributed by atoms with Crippen molar-refractivity contribution in [2.24, 2.45) is 0 Å². The van der Waals surface area contributed by atoms with Gasteiger partial charge in [0.05, 0.1) is 12.1 Å². The number of nitrogens with one attached hydrogen (secondary N) is 1. The number of thiazole rings is 1. The van der Waals surface area contributed by atoms with E-state index < -0.39 is 0 Å². The van der Waals surface area contributed by atoms with E-state index in [1.807, 2.05) is 42.5 Å². The van der Waals surface area contributed by atoms with E-state index in [1.165, 1.54) is 5.01 Å². The number of aryl methyl sites for hydroxylation is 1. The number of carbonyl (C=O) groups excluding carboxylic acids is 1. The van der Waals surface area contributed by atoms with E-state index in [0.29, 0.717) is 5.92 Å². The van der Waals surface area contributed by atoms with Crippen molar-refractivity contribution in [3.05, 3.63) is 39.8 Å². The van der Waals surface area contributed by atoms with Gasteiger partial charge in [0, 0.05) is 41.8 Å². The molecule has 2 aromatic rings. The van der Waals surface area contributed by atoms with Crippen molar-refractivity contribution in [3.63, 3.8) is 0 Å². The van der Waals surface area contributed by atoms with Crippen molar-refractivity contribution in [1.82, 2.24) is 9.88 Å². The molecule has 24 heavy (non-hydrogen) atoms. The van der Waals surface area contributed by atoms with Gasteiger partial charge in [-0.2, -0.15) is 0 Å². The van der Waals surface area contributed by atoms with Crippen molar-refractivity contribution in [1.29, 1.82) is 0 Å². The fourth-order valence-corrected chi connectivity index (χ4v) is 4.05. The van der Waals surface area contributed by atoms with Crippen molar-refractivity contribution in [2.45, 2.75) is 32.6 Å². The molecule has 2 heterocycles. The lowest BCUT2D eigenvalue weighted by molar-refractivity contribution is 0.194. The third-order valence-corrected chi connectivity index (χ3v) is 5.57. The molecule has 5 nitrogen and oxygen atoms in total. The Bertz CT molecular complexity index is 707. The molecule has 1 fully saturated rings. The number of ether oxygens (including phenoxy) is 1. The maximum Gasteiger partial charge on any atom is 0.321 e. The molecule has 0 saturated carbocycles. The quantitative estimate of drug-likeness (QED) is 0.908. The zero-order valence-electron chi connectivity index (χ0n) is 14.3. The molecule has 0 radical (unpaired) electrons. The summed E-state index contributed by atoms with van der Waals surface area (Å²) in [6.45, 7) is 5.49. The molecule has 3 rings (SSSR count). The molecule has 1 aromatic carbocycles. The van der Waals surface area contributed by atoms with Gasteiger partial charge >= 0.3 is 6.03 Å². The maximum atomic E-state index is 12.6. The number of anilines is 1. The van der Waals surface area contributed by atoms with Gasteiger partial charge in [0.1, 0.15) is 5.75 Å². The first-order chi connectivity index (χ1) is 11.6. The van der Waals surface area contributed by atoms with Crippen molar-refractivity contribution in [2.75, 3.05) is 25.5 Å². The summed E-state index contributed by atoms with van der Waals surface area (Å²) >= 11 is 1.70. The lowest BCUT2D eigenvalue weighted by Crippen LogP contribution is -2.40. The highest BCUT2D eigenvalue weighted by atomic mass is 32.1. The average Bonchev–Trinajstić information content (AvgIpc) is 3.12. The summed E-state index contributed by atoms with van der Waals surface area (Å²) in [4.78, 5) is 18.8. The second kappa shape index (κ2) is 7.21. The van der Waals surface area contributed by atoms with Crippen LogP contribution in [0.2, 0.25) is 0 Å². The standard InChI is InChI=1S/C18H23N3O2S/c1-12-4-5-15(13(2)16(12)23-3)20-18(22)21-9-6-14(7-10-21)17-19-8-11-24-17/h4-5,8,11,14H,6-7,9-10H2,1-3H3,(H,20,22). The van der Waals surface area contributed by atoms with Crippen LogP contribution in [-0.4, -0.2) is 36.1 Å². The van der Waals surface area contributed by atoms with E-state index in [9.17, 15) is 4.79 Å². The minimum Gasteiger partial charge on any atom is -0.496 e. The predicted molar refractivity (Wildman–Crippen MR) is 97.1 cm³/mol. The minimum atomic E-state index is -0.0402. The lowest BCUT2D eigenvalue weighted by Gasteiger charge is -2.31. The van der Waals surface area contributed by atoms with E-state index in [0.717, 1.165) is 48.5 Å². The molecule has 128 valence electrons. The molecule has 0 aliphatic carbocycles. The van der Waals surface area contributed by atoms with Crippen molar-refractivity contribution < 1.29 is 9.53 Å². The van der Waals surface area contributed by atoms with Crippen LogP contribution in [0.5, 0.6) is 5.75 Å². The van der Waals surface area contributed by atoms with Crippen molar-refractivity contribution >= 4 is 23.1 Å². The van der Waals surface area contributed by atoms with Crippen LogP contribution in [0.15, 0.2) is 23.7 Å². The first-order valence-electron chi connectivity index (χ1n) is 8.19. The van der Waals surface area contributed by atoms with Gasteiger partial charge in [-0.05, 0) is 38.3 Å². The Kier molecular flexibility index (Phi) is 5.04. The Morgan fingerprint density at radius 2 is 2.08 bits per heavy atom. The highest BCUT2D eigenvalue weighted by Gasteiger charge is 2.25.